The number of amides is 1. The van der Waals surface area contributed by atoms with Crippen molar-refractivity contribution in [3.8, 4) is 0 Å². The van der Waals surface area contributed by atoms with Crippen LogP contribution in [0.1, 0.15) is 17.0 Å². The van der Waals surface area contributed by atoms with Crippen LogP contribution in [0, 0.1) is 6.92 Å². The topological polar surface area (TPSA) is 85.2 Å². The fourth-order valence-corrected chi connectivity index (χ4v) is 2.46. The second-order valence-corrected chi connectivity index (χ2v) is 5.56. The van der Waals surface area contributed by atoms with Gasteiger partial charge in [0.2, 0.25) is 11.8 Å². The van der Waals surface area contributed by atoms with Crippen LogP contribution in [0.5, 0.6) is 0 Å². The van der Waals surface area contributed by atoms with Gasteiger partial charge >= 0.3 is 0 Å². The maximum atomic E-state index is 12.1. The molecular weight excluding hydrogens is 288 g/mol. The molecule has 0 saturated heterocycles. The molecule has 2 aromatic rings. The standard InChI is InChI=1S/C14H18N4O2S/c1-10-5-3-4-6-11(10)8-18(2)13(19)9-21-14-17-16-12(7-15)20-14/h3-6H,7-9,15H2,1-2H3. The summed E-state index contributed by atoms with van der Waals surface area (Å²) in [5.74, 6) is 0.642. The normalized spacial score (nSPS) is 10.6. The Bertz CT molecular complexity index is 615. The molecule has 0 aliphatic carbocycles. The molecule has 7 heteroatoms. The van der Waals surface area contributed by atoms with Crippen molar-refractivity contribution in [1.82, 2.24) is 15.1 Å². The molecule has 2 N–H and O–H groups in total. The van der Waals surface area contributed by atoms with Crippen LogP contribution in [0.25, 0.3) is 0 Å². The average Bonchev–Trinajstić information content (AvgIpc) is 2.95. The Morgan fingerprint density at radius 3 is 2.81 bits per heavy atom. The lowest BCUT2D eigenvalue weighted by atomic mass is 10.1. The van der Waals surface area contributed by atoms with Gasteiger partial charge in [0.1, 0.15) is 0 Å². The van der Waals surface area contributed by atoms with Crippen molar-refractivity contribution >= 4 is 17.7 Å². The first kappa shape index (κ1) is 15.5. The summed E-state index contributed by atoms with van der Waals surface area (Å²) in [6, 6.07) is 8.02. The molecule has 1 aromatic carbocycles. The number of carbonyl (C=O) groups is 1. The Labute approximate surface area is 127 Å². The minimum atomic E-state index is 0.00996. The number of nitrogens with two attached hydrogens (primary N) is 1. The van der Waals surface area contributed by atoms with Crippen molar-refractivity contribution in [2.45, 2.75) is 25.2 Å². The van der Waals surface area contributed by atoms with Crippen LogP contribution in [0.3, 0.4) is 0 Å². The SMILES string of the molecule is Cc1ccccc1CN(C)C(=O)CSc1nnc(CN)o1. The Balaban J connectivity index is 1.86. The highest BCUT2D eigenvalue weighted by Crippen LogP contribution is 2.17. The van der Waals surface area contributed by atoms with Gasteiger partial charge in [0.15, 0.2) is 0 Å². The number of rotatable bonds is 6. The highest BCUT2D eigenvalue weighted by atomic mass is 32.2. The van der Waals surface area contributed by atoms with Crippen LogP contribution in [0.2, 0.25) is 0 Å². The average molecular weight is 306 g/mol. The first-order chi connectivity index (χ1) is 10.1. The molecule has 6 nitrogen and oxygen atoms in total. The van der Waals surface area contributed by atoms with Crippen LogP contribution in [-0.2, 0) is 17.9 Å². The minimum Gasteiger partial charge on any atom is -0.415 e. The Morgan fingerprint density at radius 2 is 2.14 bits per heavy atom. The summed E-state index contributed by atoms with van der Waals surface area (Å²) in [5.41, 5.74) is 7.70. The number of carbonyl (C=O) groups excluding carboxylic acids is 1. The first-order valence-corrected chi connectivity index (χ1v) is 7.52. The van der Waals surface area contributed by atoms with E-state index in [4.69, 9.17) is 10.2 Å². The summed E-state index contributed by atoms with van der Waals surface area (Å²) in [6.45, 7) is 2.83. The molecule has 2 rings (SSSR count). The zero-order valence-corrected chi connectivity index (χ0v) is 12.9. The molecule has 0 radical (unpaired) electrons. The first-order valence-electron chi connectivity index (χ1n) is 6.54. The molecule has 1 aromatic heterocycles. The fraction of sp³-hybridized carbons (Fsp3) is 0.357. The monoisotopic (exact) mass is 306 g/mol. The fourth-order valence-electron chi connectivity index (χ4n) is 1.74. The third-order valence-corrected chi connectivity index (χ3v) is 3.84. The van der Waals surface area contributed by atoms with Crippen molar-refractivity contribution in [3.05, 3.63) is 41.3 Å². The molecule has 0 unspecified atom stereocenters. The van der Waals surface area contributed by atoms with Crippen LogP contribution in [0.4, 0.5) is 0 Å². The number of nitrogens with zero attached hydrogens (tertiary/aromatic N) is 3. The molecule has 0 aliphatic rings. The van der Waals surface area contributed by atoms with E-state index in [1.54, 1.807) is 11.9 Å². The molecule has 21 heavy (non-hydrogen) atoms. The van der Waals surface area contributed by atoms with E-state index in [1.807, 2.05) is 31.2 Å². The maximum absolute atomic E-state index is 12.1. The van der Waals surface area contributed by atoms with Crippen molar-refractivity contribution in [1.29, 1.82) is 0 Å². The van der Waals surface area contributed by atoms with E-state index in [9.17, 15) is 4.79 Å². The van der Waals surface area contributed by atoms with E-state index in [1.165, 1.54) is 17.3 Å². The van der Waals surface area contributed by atoms with Gasteiger partial charge in [-0.25, -0.2) is 0 Å². The lowest BCUT2D eigenvalue weighted by molar-refractivity contribution is -0.127. The molecule has 112 valence electrons. The van der Waals surface area contributed by atoms with E-state index in [2.05, 4.69) is 10.2 Å². The van der Waals surface area contributed by atoms with Gasteiger partial charge in [-0.15, -0.1) is 10.2 Å². The van der Waals surface area contributed by atoms with Gasteiger partial charge in [-0.1, -0.05) is 36.0 Å². The smallest absolute Gasteiger partial charge is 0.277 e. The summed E-state index contributed by atoms with van der Waals surface area (Å²) >= 11 is 1.22. The van der Waals surface area contributed by atoms with Crippen molar-refractivity contribution in [3.63, 3.8) is 0 Å². The van der Waals surface area contributed by atoms with Gasteiger partial charge in [0.05, 0.1) is 12.3 Å². The van der Waals surface area contributed by atoms with Gasteiger partial charge in [-0.05, 0) is 18.1 Å². The largest absolute Gasteiger partial charge is 0.415 e. The van der Waals surface area contributed by atoms with Crippen LogP contribution >= 0.6 is 11.8 Å². The number of benzene rings is 1. The molecule has 0 aliphatic heterocycles. The highest BCUT2D eigenvalue weighted by molar-refractivity contribution is 7.99. The van der Waals surface area contributed by atoms with Gasteiger partial charge in [-0.3, -0.25) is 4.79 Å². The maximum Gasteiger partial charge on any atom is 0.277 e. The zero-order valence-electron chi connectivity index (χ0n) is 12.1. The van der Waals surface area contributed by atoms with E-state index < -0.39 is 0 Å². The molecule has 1 amide bonds. The third kappa shape index (κ3) is 4.30. The summed E-state index contributed by atoms with van der Waals surface area (Å²) in [4.78, 5) is 13.8. The quantitative estimate of drug-likeness (QED) is 0.816. The molecule has 0 bridgehead atoms. The Hall–Kier alpha value is -1.86. The number of aromatic nitrogens is 2. The lowest BCUT2D eigenvalue weighted by Crippen LogP contribution is -2.28. The number of thioether (sulfide) groups is 1. The van der Waals surface area contributed by atoms with Crippen LogP contribution < -0.4 is 5.73 Å². The predicted octanol–water partition coefficient (Wildman–Crippen LogP) is 1.59. The van der Waals surface area contributed by atoms with E-state index >= 15 is 0 Å². The minimum absolute atomic E-state index is 0.00996. The molecular formula is C14H18N4O2S. The summed E-state index contributed by atoms with van der Waals surface area (Å²) in [5, 5.41) is 7.93. The molecule has 0 atom stereocenters. The summed E-state index contributed by atoms with van der Waals surface area (Å²) < 4.78 is 5.25. The molecule has 0 fully saturated rings. The summed E-state index contributed by atoms with van der Waals surface area (Å²) in [7, 11) is 1.79. The van der Waals surface area contributed by atoms with E-state index in [0.717, 1.165) is 5.56 Å². The lowest BCUT2D eigenvalue weighted by Gasteiger charge is -2.17. The highest BCUT2D eigenvalue weighted by Gasteiger charge is 2.13. The number of aryl methyl sites for hydroxylation is 1. The molecule has 0 saturated carbocycles. The second kappa shape index (κ2) is 7.24. The van der Waals surface area contributed by atoms with Crippen molar-refractivity contribution in [2.75, 3.05) is 12.8 Å². The summed E-state index contributed by atoms with van der Waals surface area (Å²) in [6.07, 6.45) is 0. The van der Waals surface area contributed by atoms with E-state index in [0.29, 0.717) is 17.7 Å². The van der Waals surface area contributed by atoms with Crippen LogP contribution in [-0.4, -0.2) is 33.8 Å². The Morgan fingerprint density at radius 1 is 1.38 bits per heavy atom. The van der Waals surface area contributed by atoms with Gasteiger partial charge in [-0.2, -0.15) is 0 Å². The van der Waals surface area contributed by atoms with Crippen molar-refractivity contribution in [2.24, 2.45) is 5.73 Å². The molecule has 0 spiro atoms. The van der Waals surface area contributed by atoms with Gasteiger partial charge in [0.25, 0.3) is 5.22 Å². The number of hydrogen-bond acceptors (Lipinski definition) is 6. The Kier molecular flexibility index (Phi) is 5.35. The van der Waals surface area contributed by atoms with E-state index in [-0.39, 0.29) is 18.2 Å². The molecule has 1 heterocycles. The number of hydrogen-bond donors (Lipinski definition) is 1. The third-order valence-electron chi connectivity index (χ3n) is 3.04. The predicted molar refractivity (Wildman–Crippen MR) is 80.6 cm³/mol. The zero-order chi connectivity index (χ0) is 15.2. The van der Waals surface area contributed by atoms with Gasteiger partial charge < -0.3 is 15.1 Å². The van der Waals surface area contributed by atoms with Crippen LogP contribution in [0.15, 0.2) is 33.9 Å². The second-order valence-electron chi connectivity index (χ2n) is 4.63. The van der Waals surface area contributed by atoms with Gasteiger partial charge in [0, 0.05) is 13.6 Å². The van der Waals surface area contributed by atoms with Crippen molar-refractivity contribution < 1.29 is 9.21 Å².